The van der Waals surface area contributed by atoms with Crippen molar-refractivity contribution in [2.75, 3.05) is 11.9 Å². The van der Waals surface area contributed by atoms with Crippen LogP contribution in [0.5, 0.6) is 0 Å². The Morgan fingerprint density at radius 3 is 3.00 bits per heavy atom. The highest BCUT2D eigenvalue weighted by molar-refractivity contribution is 6.04. The first-order valence-corrected chi connectivity index (χ1v) is 7.43. The molecule has 0 aromatic carbocycles. The summed E-state index contributed by atoms with van der Waals surface area (Å²) in [5.41, 5.74) is 1.16. The minimum Gasteiger partial charge on any atom is -0.376 e. The van der Waals surface area contributed by atoms with Gasteiger partial charge in [0.15, 0.2) is 0 Å². The van der Waals surface area contributed by atoms with Crippen molar-refractivity contribution >= 4 is 11.9 Å². The number of aromatic amines is 1. The fraction of sp³-hybridized carbons (Fsp3) is 0.500. The van der Waals surface area contributed by atoms with Gasteiger partial charge in [-0.25, -0.2) is 0 Å². The molecular formula is C14H18N6O3. The van der Waals surface area contributed by atoms with Crippen molar-refractivity contribution < 1.29 is 9.53 Å². The van der Waals surface area contributed by atoms with Crippen molar-refractivity contribution in [3.63, 3.8) is 0 Å². The summed E-state index contributed by atoms with van der Waals surface area (Å²) in [7, 11) is 0. The number of aromatic nitrogens is 5. The number of aryl methyl sites for hydroxylation is 2. The van der Waals surface area contributed by atoms with Crippen molar-refractivity contribution in [3.05, 3.63) is 33.2 Å². The average molecular weight is 318 g/mol. The van der Waals surface area contributed by atoms with E-state index in [-0.39, 0.29) is 23.2 Å². The Morgan fingerprint density at radius 1 is 1.52 bits per heavy atom. The van der Waals surface area contributed by atoms with Crippen LogP contribution in [0.15, 0.2) is 10.9 Å². The van der Waals surface area contributed by atoms with Crippen molar-refractivity contribution in [2.45, 2.75) is 39.3 Å². The van der Waals surface area contributed by atoms with E-state index in [0.717, 1.165) is 25.1 Å². The lowest BCUT2D eigenvalue weighted by atomic mass is 10.1. The molecule has 1 aliphatic rings. The fourth-order valence-corrected chi connectivity index (χ4v) is 2.80. The molecule has 1 saturated heterocycles. The fourth-order valence-electron chi connectivity index (χ4n) is 2.80. The number of anilines is 1. The molecule has 0 bridgehead atoms. The van der Waals surface area contributed by atoms with E-state index < -0.39 is 5.91 Å². The monoisotopic (exact) mass is 318 g/mol. The maximum absolute atomic E-state index is 12.8. The number of carbonyl (C=O) groups excluding carboxylic acids is 1. The van der Waals surface area contributed by atoms with E-state index in [0.29, 0.717) is 12.1 Å². The quantitative estimate of drug-likeness (QED) is 0.843. The van der Waals surface area contributed by atoms with Crippen LogP contribution in [-0.4, -0.2) is 43.8 Å². The van der Waals surface area contributed by atoms with Crippen LogP contribution in [-0.2, 0) is 11.3 Å². The Kier molecular flexibility index (Phi) is 4.20. The van der Waals surface area contributed by atoms with E-state index in [9.17, 15) is 9.59 Å². The van der Waals surface area contributed by atoms with Crippen LogP contribution in [0.2, 0.25) is 0 Å². The van der Waals surface area contributed by atoms with E-state index in [1.165, 1.54) is 0 Å². The lowest BCUT2D eigenvalue weighted by Gasteiger charge is -2.17. The van der Waals surface area contributed by atoms with Crippen LogP contribution in [0.3, 0.4) is 0 Å². The van der Waals surface area contributed by atoms with E-state index in [1.54, 1.807) is 11.5 Å². The Balaban J connectivity index is 1.92. The minimum atomic E-state index is -0.546. The van der Waals surface area contributed by atoms with Gasteiger partial charge in [-0.05, 0) is 43.5 Å². The molecule has 0 radical (unpaired) electrons. The molecule has 1 atom stereocenters. The van der Waals surface area contributed by atoms with Gasteiger partial charge in [0.1, 0.15) is 5.56 Å². The predicted octanol–water partition coefficient (Wildman–Crippen LogP) is 0.410. The molecule has 9 heteroatoms. The van der Waals surface area contributed by atoms with Gasteiger partial charge in [-0.3, -0.25) is 14.9 Å². The lowest BCUT2D eigenvalue weighted by Crippen LogP contribution is -2.34. The second kappa shape index (κ2) is 6.29. The molecule has 0 saturated carbocycles. The summed E-state index contributed by atoms with van der Waals surface area (Å²) in [6.07, 6.45) is 1.93. The van der Waals surface area contributed by atoms with Gasteiger partial charge < -0.3 is 9.30 Å². The summed E-state index contributed by atoms with van der Waals surface area (Å²) in [5, 5.41) is 15.4. The first-order chi connectivity index (χ1) is 11.1. The summed E-state index contributed by atoms with van der Waals surface area (Å²) in [6.45, 7) is 4.75. The van der Waals surface area contributed by atoms with Crippen molar-refractivity contribution in [1.82, 2.24) is 25.2 Å². The number of carbonyl (C=O) groups is 1. The second-order valence-electron chi connectivity index (χ2n) is 5.58. The zero-order valence-corrected chi connectivity index (χ0v) is 13.0. The third kappa shape index (κ3) is 3.14. The Bertz CT molecular complexity index is 762. The number of pyridine rings is 1. The number of rotatable bonds is 4. The SMILES string of the molecule is Cc1cc(C)n(CC2CCCO2)c(=O)c1C(=O)Nc1nn[nH]n1. The summed E-state index contributed by atoms with van der Waals surface area (Å²) in [5.74, 6) is -0.518. The molecule has 122 valence electrons. The molecule has 2 aromatic heterocycles. The molecule has 9 nitrogen and oxygen atoms in total. The van der Waals surface area contributed by atoms with Gasteiger partial charge in [0.25, 0.3) is 17.4 Å². The average Bonchev–Trinajstić information content (AvgIpc) is 3.16. The van der Waals surface area contributed by atoms with Crippen LogP contribution in [0.4, 0.5) is 5.95 Å². The van der Waals surface area contributed by atoms with Crippen molar-refractivity contribution in [3.8, 4) is 0 Å². The topological polar surface area (TPSA) is 115 Å². The normalized spacial score (nSPS) is 17.4. The molecule has 3 rings (SSSR count). The van der Waals surface area contributed by atoms with Crippen LogP contribution >= 0.6 is 0 Å². The number of H-pyrrole nitrogens is 1. The molecule has 1 aliphatic heterocycles. The molecule has 3 heterocycles. The summed E-state index contributed by atoms with van der Waals surface area (Å²) < 4.78 is 7.18. The highest BCUT2D eigenvalue weighted by Gasteiger charge is 2.22. The van der Waals surface area contributed by atoms with Crippen molar-refractivity contribution in [1.29, 1.82) is 0 Å². The number of tetrazole rings is 1. The molecule has 0 spiro atoms. The number of amides is 1. The third-order valence-electron chi connectivity index (χ3n) is 3.91. The maximum atomic E-state index is 12.8. The predicted molar refractivity (Wildman–Crippen MR) is 81.3 cm³/mol. The van der Waals surface area contributed by atoms with Gasteiger partial charge in [0, 0.05) is 12.3 Å². The molecular weight excluding hydrogens is 300 g/mol. The largest absolute Gasteiger partial charge is 0.376 e. The second-order valence-corrected chi connectivity index (χ2v) is 5.58. The van der Waals surface area contributed by atoms with Gasteiger partial charge in [-0.15, -0.1) is 5.10 Å². The highest BCUT2D eigenvalue weighted by atomic mass is 16.5. The number of ether oxygens (including phenoxy) is 1. The number of nitrogens with zero attached hydrogens (tertiary/aromatic N) is 4. The van der Waals surface area contributed by atoms with Crippen LogP contribution in [0, 0.1) is 13.8 Å². The van der Waals surface area contributed by atoms with Gasteiger partial charge in [-0.1, -0.05) is 5.10 Å². The van der Waals surface area contributed by atoms with E-state index in [4.69, 9.17) is 4.74 Å². The summed E-state index contributed by atoms with van der Waals surface area (Å²) in [6, 6.07) is 1.82. The van der Waals surface area contributed by atoms with E-state index in [2.05, 4.69) is 25.9 Å². The Labute approximate surface area is 132 Å². The zero-order valence-electron chi connectivity index (χ0n) is 13.0. The van der Waals surface area contributed by atoms with E-state index in [1.807, 2.05) is 13.0 Å². The molecule has 2 aromatic rings. The first-order valence-electron chi connectivity index (χ1n) is 7.43. The van der Waals surface area contributed by atoms with Crippen LogP contribution in [0.1, 0.15) is 34.5 Å². The molecule has 0 aliphatic carbocycles. The number of hydrogen-bond acceptors (Lipinski definition) is 6. The number of nitrogens with one attached hydrogen (secondary N) is 2. The van der Waals surface area contributed by atoms with Gasteiger partial charge in [-0.2, -0.15) is 5.21 Å². The third-order valence-corrected chi connectivity index (χ3v) is 3.91. The van der Waals surface area contributed by atoms with Gasteiger partial charge in [0.2, 0.25) is 0 Å². The number of hydrogen-bond donors (Lipinski definition) is 2. The lowest BCUT2D eigenvalue weighted by molar-refractivity contribution is 0.0947. The molecule has 1 unspecified atom stereocenters. The smallest absolute Gasteiger partial charge is 0.270 e. The summed E-state index contributed by atoms with van der Waals surface area (Å²) >= 11 is 0. The maximum Gasteiger partial charge on any atom is 0.270 e. The van der Waals surface area contributed by atoms with Crippen molar-refractivity contribution in [2.24, 2.45) is 0 Å². The molecule has 2 N–H and O–H groups in total. The zero-order chi connectivity index (χ0) is 16.4. The standard InChI is InChI=1S/C14H18N6O3/c1-8-6-9(2)20(7-10-4-3-5-23-10)13(22)11(8)12(21)15-14-16-18-19-17-14/h6,10H,3-5,7H2,1-2H3,(H2,15,16,17,18,19,21). The molecule has 1 fully saturated rings. The molecule has 1 amide bonds. The minimum absolute atomic E-state index is 0.0159. The Hall–Kier alpha value is -2.55. The first kappa shape index (κ1) is 15.3. The van der Waals surface area contributed by atoms with E-state index >= 15 is 0 Å². The Morgan fingerprint density at radius 2 is 2.35 bits per heavy atom. The van der Waals surface area contributed by atoms with Crippen LogP contribution in [0.25, 0.3) is 0 Å². The van der Waals surface area contributed by atoms with Gasteiger partial charge in [0.05, 0.1) is 12.6 Å². The van der Waals surface area contributed by atoms with Crippen LogP contribution < -0.4 is 10.9 Å². The summed E-state index contributed by atoms with van der Waals surface area (Å²) in [4.78, 5) is 25.1. The molecule has 23 heavy (non-hydrogen) atoms. The van der Waals surface area contributed by atoms with Gasteiger partial charge >= 0.3 is 0 Å². The highest BCUT2D eigenvalue weighted by Crippen LogP contribution is 2.15.